The van der Waals surface area contributed by atoms with E-state index < -0.39 is 17.8 Å². The highest BCUT2D eigenvalue weighted by molar-refractivity contribution is 6.30. The first kappa shape index (κ1) is 25.9. The summed E-state index contributed by atoms with van der Waals surface area (Å²) >= 11 is 6.28. The van der Waals surface area contributed by atoms with Crippen LogP contribution in [0.2, 0.25) is 5.02 Å². The van der Waals surface area contributed by atoms with Crippen molar-refractivity contribution in [3.8, 4) is 6.07 Å². The number of hydrogen-bond donors (Lipinski definition) is 1. The number of esters is 1. The number of allylic oxidation sites excluding steroid dienone is 1. The second kappa shape index (κ2) is 12.7. The van der Waals surface area contributed by atoms with Crippen LogP contribution >= 0.6 is 11.6 Å². The van der Waals surface area contributed by atoms with Gasteiger partial charge < -0.3 is 10.1 Å². The van der Waals surface area contributed by atoms with E-state index in [1.807, 2.05) is 61.5 Å². The number of nitrogens with one attached hydrogen (secondary N) is 1. The number of carbonyl (C=O) groups is 2. The SMILES string of the molecule is CCC1=C(C(=O)NCC=Cc2ccccc2)C(c2cccc(Cl)c2)C(C(=O)OCCC#N)C(C)=N1. The van der Waals surface area contributed by atoms with Gasteiger partial charge in [-0.05, 0) is 36.6 Å². The Morgan fingerprint density at radius 1 is 1.20 bits per heavy atom. The lowest BCUT2D eigenvalue weighted by atomic mass is 9.75. The van der Waals surface area contributed by atoms with E-state index in [1.54, 1.807) is 25.1 Å². The standard InChI is InChI=1S/C28H28ClN3O3/c1-3-23-26(27(33)31-16-8-12-20-10-5-4-6-11-20)25(21-13-7-14-22(29)18-21)24(19(2)32-23)28(34)35-17-9-15-30/h4-8,10-14,18,24-25H,3,9,16-17H2,1-2H3,(H,31,33). The third kappa shape index (κ3) is 6.68. The highest BCUT2D eigenvalue weighted by Gasteiger charge is 2.42. The number of ether oxygens (including phenoxy) is 1. The molecule has 0 bridgehead atoms. The summed E-state index contributed by atoms with van der Waals surface area (Å²) in [7, 11) is 0. The molecule has 6 nitrogen and oxygen atoms in total. The monoisotopic (exact) mass is 489 g/mol. The number of nitrogens with zero attached hydrogens (tertiary/aromatic N) is 2. The molecule has 2 aromatic carbocycles. The van der Waals surface area contributed by atoms with Crippen molar-refractivity contribution in [2.24, 2.45) is 10.9 Å². The zero-order valence-corrected chi connectivity index (χ0v) is 20.6. The van der Waals surface area contributed by atoms with Crippen molar-refractivity contribution in [2.45, 2.75) is 32.6 Å². The Kier molecular flexibility index (Phi) is 9.39. The fraction of sp³-hybridized carbons (Fsp3) is 0.286. The van der Waals surface area contributed by atoms with E-state index >= 15 is 0 Å². The van der Waals surface area contributed by atoms with E-state index in [0.29, 0.717) is 35.0 Å². The molecule has 180 valence electrons. The molecule has 0 spiro atoms. The van der Waals surface area contributed by atoms with Gasteiger partial charge in [-0.15, -0.1) is 0 Å². The Morgan fingerprint density at radius 3 is 2.66 bits per heavy atom. The van der Waals surface area contributed by atoms with Gasteiger partial charge in [-0.2, -0.15) is 5.26 Å². The van der Waals surface area contributed by atoms with Crippen molar-refractivity contribution in [1.82, 2.24) is 5.32 Å². The van der Waals surface area contributed by atoms with Crippen molar-refractivity contribution >= 4 is 35.3 Å². The Labute approximate surface area is 211 Å². The first-order chi connectivity index (χ1) is 17.0. The van der Waals surface area contributed by atoms with Crippen molar-refractivity contribution in [3.05, 3.63) is 88.1 Å². The Morgan fingerprint density at radius 2 is 1.97 bits per heavy atom. The smallest absolute Gasteiger partial charge is 0.315 e. The van der Waals surface area contributed by atoms with E-state index in [0.717, 1.165) is 11.1 Å². The average molecular weight is 490 g/mol. The van der Waals surface area contributed by atoms with E-state index in [-0.39, 0.29) is 18.9 Å². The van der Waals surface area contributed by atoms with Gasteiger partial charge in [0.05, 0.1) is 12.5 Å². The number of amides is 1. The lowest BCUT2D eigenvalue weighted by Crippen LogP contribution is -2.39. The molecule has 1 aliphatic heterocycles. The molecule has 1 amide bonds. The fourth-order valence-electron chi connectivity index (χ4n) is 4.13. The van der Waals surface area contributed by atoms with E-state index in [4.69, 9.17) is 21.6 Å². The van der Waals surface area contributed by atoms with Crippen LogP contribution in [-0.4, -0.2) is 30.7 Å². The van der Waals surface area contributed by atoms with Gasteiger partial charge in [0.15, 0.2) is 0 Å². The Hall–Kier alpha value is -3.69. The van der Waals surface area contributed by atoms with Gasteiger partial charge in [0.2, 0.25) is 5.91 Å². The molecule has 0 saturated heterocycles. The van der Waals surface area contributed by atoms with Crippen LogP contribution < -0.4 is 5.32 Å². The molecule has 0 fully saturated rings. The van der Waals surface area contributed by atoms with Crippen LogP contribution in [0.1, 0.15) is 43.7 Å². The van der Waals surface area contributed by atoms with Crippen molar-refractivity contribution < 1.29 is 14.3 Å². The van der Waals surface area contributed by atoms with Crippen LogP contribution in [-0.2, 0) is 14.3 Å². The maximum atomic E-state index is 13.5. The molecule has 2 atom stereocenters. The number of hydrogen-bond acceptors (Lipinski definition) is 5. The molecule has 2 unspecified atom stereocenters. The summed E-state index contributed by atoms with van der Waals surface area (Å²) in [5.41, 5.74) is 3.37. The maximum absolute atomic E-state index is 13.5. The molecular weight excluding hydrogens is 462 g/mol. The first-order valence-electron chi connectivity index (χ1n) is 11.5. The molecule has 1 aliphatic rings. The molecule has 7 heteroatoms. The highest BCUT2D eigenvalue weighted by Crippen LogP contribution is 2.41. The van der Waals surface area contributed by atoms with Crippen LogP contribution in [0.25, 0.3) is 6.08 Å². The molecule has 3 rings (SSSR count). The molecule has 0 radical (unpaired) electrons. The van der Waals surface area contributed by atoms with Gasteiger partial charge >= 0.3 is 5.97 Å². The fourth-order valence-corrected chi connectivity index (χ4v) is 4.33. The summed E-state index contributed by atoms with van der Waals surface area (Å²) in [5, 5.41) is 12.3. The number of halogens is 1. The van der Waals surface area contributed by atoms with Crippen LogP contribution in [0.3, 0.4) is 0 Å². The molecule has 35 heavy (non-hydrogen) atoms. The summed E-state index contributed by atoms with van der Waals surface area (Å²) in [6, 6.07) is 18.9. The van der Waals surface area contributed by atoms with Gasteiger partial charge in [0.25, 0.3) is 0 Å². The van der Waals surface area contributed by atoms with Gasteiger partial charge in [-0.1, -0.05) is 73.1 Å². The van der Waals surface area contributed by atoms with Gasteiger partial charge in [0, 0.05) is 34.5 Å². The number of benzene rings is 2. The molecule has 1 heterocycles. The minimum atomic E-state index is -0.803. The predicted molar refractivity (Wildman–Crippen MR) is 138 cm³/mol. The van der Waals surface area contributed by atoms with Gasteiger partial charge in [-0.25, -0.2) is 0 Å². The Balaban J connectivity index is 1.94. The van der Waals surface area contributed by atoms with Crippen LogP contribution in [0, 0.1) is 17.2 Å². The topological polar surface area (TPSA) is 91.5 Å². The zero-order valence-electron chi connectivity index (χ0n) is 19.8. The number of aliphatic imine (C=N–C) groups is 1. The molecule has 1 N–H and O–H groups in total. The largest absolute Gasteiger partial charge is 0.464 e. The predicted octanol–water partition coefficient (Wildman–Crippen LogP) is 5.46. The lowest BCUT2D eigenvalue weighted by molar-refractivity contribution is -0.146. The van der Waals surface area contributed by atoms with Crippen molar-refractivity contribution in [1.29, 1.82) is 5.26 Å². The lowest BCUT2D eigenvalue weighted by Gasteiger charge is -2.32. The normalized spacial score (nSPS) is 17.6. The quantitative estimate of drug-likeness (QED) is 0.373. The average Bonchev–Trinajstić information content (AvgIpc) is 2.86. The molecule has 2 aromatic rings. The Bertz CT molecular complexity index is 1200. The summed E-state index contributed by atoms with van der Waals surface area (Å²) < 4.78 is 5.38. The molecule has 0 aliphatic carbocycles. The summed E-state index contributed by atoms with van der Waals surface area (Å²) in [5.74, 6) is -2.23. The second-order valence-corrected chi connectivity index (χ2v) is 8.51. The van der Waals surface area contributed by atoms with E-state index in [1.165, 1.54) is 0 Å². The van der Waals surface area contributed by atoms with Gasteiger partial charge in [0.1, 0.15) is 12.5 Å². The molecular formula is C28H28ClN3O3. The number of nitriles is 1. The second-order valence-electron chi connectivity index (χ2n) is 8.08. The van der Waals surface area contributed by atoms with Crippen molar-refractivity contribution in [2.75, 3.05) is 13.2 Å². The number of carbonyl (C=O) groups excluding carboxylic acids is 2. The maximum Gasteiger partial charge on any atom is 0.315 e. The zero-order chi connectivity index (χ0) is 25.2. The molecule has 0 saturated carbocycles. The third-order valence-corrected chi connectivity index (χ3v) is 5.94. The minimum Gasteiger partial charge on any atom is -0.464 e. The first-order valence-corrected chi connectivity index (χ1v) is 11.9. The van der Waals surface area contributed by atoms with Crippen molar-refractivity contribution in [3.63, 3.8) is 0 Å². The molecule has 0 aromatic heterocycles. The van der Waals surface area contributed by atoms with Crippen LogP contribution in [0.15, 0.2) is 76.9 Å². The summed E-state index contributed by atoms with van der Waals surface area (Å²) in [4.78, 5) is 31.2. The van der Waals surface area contributed by atoms with E-state index in [9.17, 15) is 9.59 Å². The minimum absolute atomic E-state index is 0.0163. The summed E-state index contributed by atoms with van der Waals surface area (Å²) in [6.07, 6.45) is 4.42. The van der Waals surface area contributed by atoms with Crippen LogP contribution in [0.5, 0.6) is 0 Å². The van der Waals surface area contributed by atoms with E-state index in [2.05, 4.69) is 10.3 Å². The van der Waals surface area contributed by atoms with Gasteiger partial charge in [-0.3, -0.25) is 14.6 Å². The number of rotatable bonds is 9. The van der Waals surface area contributed by atoms with Crippen LogP contribution in [0.4, 0.5) is 0 Å². The highest BCUT2D eigenvalue weighted by atomic mass is 35.5. The summed E-state index contributed by atoms with van der Waals surface area (Å²) in [6.45, 7) is 3.99. The third-order valence-electron chi connectivity index (χ3n) is 5.71.